The molecule has 0 aliphatic heterocycles. The first-order chi connectivity index (χ1) is 12.5. The summed E-state index contributed by atoms with van der Waals surface area (Å²) in [4.78, 5) is 24.7. The summed E-state index contributed by atoms with van der Waals surface area (Å²) in [7, 11) is 0. The molecule has 0 unspecified atom stereocenters. The van der Waals surface area contributed by atoms with Crippen molar-refractivity contribution in [2.45, 2.75) is 20.3 Å². The first kappa shape index (κ1) is 22.5. The Balaban J connectivity index is 0.00000364. The van der Waals surface area contributed by atoms with Crippen molar-refractivity contribution in [3.8, 4) is 0 Å². The van der Waals surface area contributed by atoms with Gasteiger partial charge in [-0.2, -0.15) is 0 Å². The lowest BCUT2D eigenvalue weighted by molar-refractivity contribution is 0.0943. The second-order valence-electron chi connectivity index (χ2n) is 5.92. The van der Waals surface area contributed by atoms with E-state index in [1.807, 2.05) is 13.8 Å². The molecule has 0 bridgehead atoms. The molecule has 2 rings (SSSR count). The van der Waals surface area contributed by atoms with Gasteiger partial charge in [-0.15, -0.1) is 12.4 Å². The van der Waals surface area contributed by atoms with Crippen LogP contribution in [-0.2, 0) is 4.74 Å². The third-order valence-electron chi connectivity index (χ3n) is 3.84. The molecular formula is C20H26ClN3O3. The Kier molecular flexibility index (Phi) is 9.33. The molecule has 2 aromatic carbocycles. The molecule has 2 aromatic rings. The van der Waals surface area contributed by atoms with E-state index in [4.69, 9.17) is 10.5 Å². The van der Waals surface area contributed by atoms with Crippen LogP contribution in [0.25, 0.3) is 0 Å². The van der Waals surface area contributed by atoms with Gasteiger partial charge < -0.3 is 21.1 Å². The highest BCUT2D eigenvalue weighted by Gasteiger charge is 2.11. The minimum atomic E-state index is -0.260. The molecule has 27 heavy (non-hydrogen) atoms. The van der Waals surface area contributed by atoms with Gasteiger partial charge in [0.05, 0.1) is 0 Å². The monoisotopic (exact) mass is 391 g/mol. The Labute approximate surface area is 165 Å². The summed E-state index contributed by atoms with van der Waals surface area (Å²) in [5, 5.41) is 5.65. The number of nitrogens with two attached hydrogens (primary N) is 1. The predicted octanol–water partition coefficient (Wildman–Crippen LogP) is 3.41. The number of carbonyl (C=O) groups is 2. The molecular weight excluding hydrogens is 366 g/mol. The van der Waals surface area contributed by atoms with Crippen molar-refractivity contribution >= 4 is 35.6 Å². The number of hydrogen-bond acceptors (Lipinski definition) is 4. The van der Waals surface area contributed by atoms with Crippen LogP contribution in [0.4, 0.5) is 11.4 Å². The van der Waals surface area contributed by atoms with E-state index in [0.717, 1.165) is 12.0 Å². The van der Waals surface area contributed by atoms with Crippen LogP contribution >= 0.6 is 12.4 Å². The summed E-state index contributed by atoms with van der Waals surface area (Å²) in [5.74, 6) is -0.443. The average Bonchev–Trinajstić information content (AvgIpc) is 2.63. The first-order valence-electron chi connectivity index (χ1n) is 8.64. The lowest BCUT2D eigenvalue weighted by Gasteiger charge is -2.10. The highest BCUT2D eigenvalue weighted by molar-refractivity contribution is 6.06. The van der Waals surface area contributed by atoms with Crippen LogP contribution in [0.1, 0.15) is 39.6 Å². The van der Waals surface area contributed by atoms with E-state index >= 15 is 0 Å². The average molecular weight is 392 g/mol. The molecule has 0 aromatic heterocycles. The van der Waals surface area contributed by atoms with Crippen molar-refractivity contribution in [2.24, 2.45) is 0 Å². The van der Waals surface area contributed by atoms with Gasteiger partial charge in [0.15, 0.2) is 0 Å². The predicted molar refractivity (Wildman–Crippen MR) is 111 cm³/mol. The van der Waals surface area contributed by atoms with Crippen LogP contribution < -0.4 is 16.4 Å². The van der Waals surface area contributed by atoms with E-state index in [1.54, 1.807) is 42.5 Å². The topological polar surface area (TPSA) is 93.5 Å². The number of rotatable bonds is 8. The number of amides is 2. The number of benzene rings is 2. The van der Waals surface area contributed by atoms with Crippen LogP contribution in [-0.4, -0.2) is 31.6 Å². The lowest BCUT2D eigenvalue weighted by atomic mass is 10.1. The maximum Gasteiger partial charge on any atom is 0.256 e. The Hall–Kier alpha value is -2.57. The van der Waals surface area contributed by atoms with Gasteiger partial charge >= 0.3 is 0 Å². The number of aryl methyl sites for hydroxylation is 1. The molecule has 0 saturated carbocycles. The van der Waals surface area contributed by atoms with Crippen molar-refractivity contribution in [1.29, 1.82) is 0 Å². The van der Waals surface area contributed by atoms with Crippen molar-refractivity contribution in [2.75, 3.05) is 30.8 Å². The molecule has 0 fully saturated rings. The number of hydrogen-bond donors (Lipinski definition) is 3. The Morgan fingerprint density at radius 1 is 1.11 bits per heavy atom. The molecule has 0 aliphatic rings. The first-order valence-corrected chi connectivity index (χ1v) is 8.64. The fraction of sp³-hybridized carbons (Fsp3) is 0.300. The second kappa shape index (κ2) is 11.2. The standard InChI is InChI=1S/C20H25N3O3.ClH/c1-3-26-11-5-10-22-19(24)15-6-4-7-17(12-15)23-20(25)18-13-16(21)9-8-14(18)2;/h4,6-9,12-13H,3,5,10-11,21H2,1-2H3,(H,22,24)(H,23,25);1H. The molecule has 0 heterocycles. The van der Waals surface area contributed by atoms with Crippen molar-refractivity contribution in [3.05, 3.63) is 59.2 Å². The van der Waals surface area contributed by atoms with E-state index in [0.29, 0.717) is 42.3 Å². The molecule has 0 radical (unpaired) electrons. The highest BCUT2D eigenvalue weighted by atomic mass is 35.5. The molecule has 4 N–H and O–H groups in total. The van der Waals surface area contributed by atoms with E-state index < -0.39 is 0 Å². The Bertz CT molecular complexity index is 781. The summed E-state index contributed by atoms with van der Waals surface area (Å²) < 4.78 is 5.24. The normalized spacial score (nSPS) is 10.0. The van der Waals surface area contributed by atoms with E-state index in [9.17, 15) is 9.59 Å². The van der Waals surface area contributed by atoms with Crippen LogP contribution in [0.2, 0.25) is 0 Å². The van der Waals surface area contributed by atoms with Gasteiger partial charge in [0.1, 0.15) is 0 Å². The second-order valence-corrected chi connectivity index (χ2v) is 5.92. The number of anilines is 2. The zero-order valence-corrected chi connectivity index (χ0v) is 16.4. The van der Waals surface area contributed by atoms with Crippen LogP contribution in [0, 0.1) is 6.92 Å². The molecule has 0 spiro atoms. The summed E-state index contributed by atoms with van der Waals surface area (Å²) in [6, 6.07) is 12.0. The number of nitrogens with one attached hydrogen (secondary N) is 2. The number of ether oxygens (including phenoxy) is 1. The smallest absolute Gasteiger partial charge is 0.256 e. The quantitative estimate of drug-likeness (QED) is 0.474. The van der Waals surface area contributed by atoms with Gasteiger partial charge in [-0.05, 0) is 56.2 Å². The molecule has 146 valence electrons. The number of halogens is 1. The van der Waals surface area contributed by atoms with Crippen LogP contribution in [0.3, 0.4) is 0 Å². The van der Waals surface area contributed by atoms with Gasteiger partial charge in [-0.3, -0.25) is 9.59 Å². The van der Waals surface area contributed by atoms with E-state index in [2.05, 4.69) is 10.6 Å². The molecule has 0 atom stereocenters. The number of nitrogen functional groups attached to an aromatic ring is 1. The minimum Gasteiger partial charge on any atom is -0.399 e. The fourth-order valence-electron chi connectivity index (χ4n) is 2.44. The van der Waals surface area contributed by atoms with Crippen LogP contribution in [0.15, 0.2) is 42.5 Å². The van der Waals surface area contributed by atoms with Gasteiger partial charge in [-0.1, -0.05) is 12.1 Å². The zero-order chi connectivity index (χ0) is 18.9. The van der Waals surface area contributed by atoms with Gasteiger partial charge in [0, 0.05) is 42.3 Å². The summed E-state index contributed by atoms with van der Waals surface area (Å²) in [5.41, 5.74) is 8.67. The van der Waals surface area contributed by atoms with E-state index in [1.165, 1.54) is 0 Å². The van der Waals surface area contributed by atoms with Gasteiger partial charge in [-0.25, -0.2) is 0 Å². The molecule has 0 saturated heterocycles. The Morgan fingerprint density at radius 2 is 1.89 bits per heavy atom. The van der Waals surface area contributed by atoms with E-state index in [-0.39, 0.29) is 24.2 Å². The van der Waals surface area contributed by atoms with Crippen molar-refractivity contribution in [3.63, 3.8) is 0 Å². The maximum atomic E-state index is 12.5. The lowest BCUT2D eigenvalue weighted by Crippen LogP contribution is -2.25. The third-order valence-corrected chi connectivity index (χ3v) is 3.84. The zero-order valence-electron chi connectivity index (χ0n) is 15.6. The number of carbonyl (C=O) groups excluding carboxylic acids is 2. The third kappa shape index (κ3) is 6.92. The summed E-state index contributed by atoms with van der Waals surface area (Å²) in [6.07, 6.45) is 0.755. The molecule has 2 amide bonds. The summed E-state index contributed by atoms with van der Waals surface area (Å²) in [6.45, 7) is 5.61. The minimum absolute atomic E-state index is 0. The highest BCUT2D eigenvalue weighted by Crippen LogP contribution is 2.16. The van der Waals surface area contributed by atoms with Gasteiger partial charge in [0.2, 0.25) is 0 Å². The molecule has 7 heteroatoms. The molecule has 0 aliphatic carbocycles. The molecule has 6 nitrogen and oxygen atoms in total. The fourth-order valence-corrected chi connectivity index (χ4v) is 2.44. The largest absolute Gasteiger partial charge is 0.399 e. The maximum absolute atomic E-state index is 12.5. The van der Waals surface area contributed by atoms with Crippen LogP contribution in [0.5, 0.6) is 0 Å². The summed E-state index contributed by atoms with van der Waals surface area (Å²) >= 11 is 0. The Morgan fingerprint density at radius 3 is 2.63 bits per heavy atom. The van der Waals surface area contributed by atoms with Crippen molar-refractivity contribution < 1.29 is 14.3 Å². The van der Waals surface area contributed by atoms with Crippen molar-refractivity contribution in [1.82, 2.24) is 5.32 Å². The SMILES string of the molecule is CCOCCCNC(=O)c1cccc(NC(=O)c2cc(N)ccc2C)c1.Cl. The van der Waals surface area contributed by atoms with Gasteiger partial charge in [0.25, 0.3) is 11.8 Å².